The minimum Gasteiger partial charge on any atom is -0.496 e. The number of allylic oxidation sites excluding steroid dienone is 1. The fourth-order valence-corrected chi connectivity index (χ4v) is 4.98. The molecule has 0 aromatic heterocycles. The lowest BCUT2D eigenvalue weighted by Crippen LogP contribution is -2.03. The number of carbonyl (C=O) groups excluding carboxylic acids is 1. The molecule has 0 saturated heterocycles. The zero-order valence-corrected chi connectivity index (χ0v) is 24.5. The first-order chi connectivity index (χ1) is 19.7. The van der Waals surface area contributed by atoms with Gasteiger partial charge in [0.15, 0.2) is 27.1 Å². The Morgan fingerprint density at radius 1 is 0.732 bits per heavy atom. The van der Waals surface area contributed by atoms with E-state index in [1.54, 1.807) is 48.5 Å². The normalized spacial score (nSPS) is 11.4. The Morgan fingerprint density at radius 2 is 1.34 bits per heavy atom. The number of hydrogen-bond acceptors (Lipinski definition) is 10. The molecule has 0 saturated carbocycles. The highest BCUT2D eigenvalue weighted by Crippen LogP contribution is 2.35. The van der Waals surface area contributed by atoms with Gasteiger partial charge in [-0.1, -0.05) is 6.07 Å². The van der Waals surface area contributed by atoms with Gasteiger partial charge in [0.05, 0.1) is 59.7 Å². The molecule has 0 aliphatic heterocycles. The van der Waals surface area contributed by atoms with E-state index >= 15 is 0 Å². The van der Waals surface area contributed by atoms with E-state index in [1.165, 1.54) is 61.0 Å². The van der Waals surface area contributed by atoms with E-state index in [2.05, 4.69) is 5.32 Å². The average Bonchev–Trinajstić information content (AvgIpc) is 2.98. The van der Waals surface area contributed by atoms with Crippen LogP contribution in [0.1, 0.15) is 21.5 Å². The van der Waals surface area contributed by atoms with Crippen LogP contribution in [0.4, 0.5) is 5.69 Å². The Morgan fingerprint density at radius 3 is 1.93 bits per heavy atom. The van der Waals surface area contributed by atoms with E-state index in [-0.39, 0.29) is 11.5 Å². The van der Waals surface area contributed by atoms with Crippen LogP contribution in [0.2, 0.25) is 0 Å². The highest BCUT2D eigenvalue weighted by Gasteiger charge is 2.15. The lowest BCUT2D eigenvalue weighted by molar-refractivity contribution is 0.104. The number of ketones is 1. The fourth-order valence-electron chi connectivity index (χ4n) is 3.90. The third-order valence-corrected chi connectivity index (χ3v) is 7.25. The lowest BCUT2D eigenvalue weighted by atomic mass is 10.1. The molecule has 0 aliphatic carbocycles. The summed E-state index contributed by atoms with van der Waals surface area (Å²) in [7, 11) is 5.26. The average molecular weight is 584 g/mol. The van der Waals surface area contributed by atoms with E-state index < -0.39 is 9.84 Å². The predicted octanol–water partition coefficient (Wildman–Crippen LogP) is 5.13. The molecule has 0 atom stereocenters. The van der Waals surface area contributed by atoms with E-state index in [4.69, 9.17) is 28.4 Å². The maximum atomic E-state index is 13.0. The van der Waals surface area contributed by atoms with Crippen molar-refractivity contribution in [3.05, 3.63) is 82.9 Å². The molecule has 218 valence electrons. The van der Waals surface area contributed by atoms with Crippen molar-refractivity contribution in [2.24, 2.45) is 0 Å². The maximum Gasteiger partial charge on any atom is 0.187 e. The number of hydrogen-bond donors (Lipinski definition) is 1. The summed E-state index contributed by atoms with van der Waals surface area (Å²) in [6, 6.07) is 13.1. The summed E-state index contributed by atoms with van der Waals surface area (Å²) in [5.74, 6) is 2.18. The molecule has 3 rings (SSSR count). The summed E-state index contributed by atoms with van der Waals surface area (Å²) in [5, 5.41) is 4.11. The molecule has 0 aliphatic rings. The summed E-state index contributed by atoms with van der Waals surface area (Å²) in [6.07, 6.45) is 4.23. The third-order valence-electron chi connectivity index (χ3n) is 5.97. The first-order valence-corrected chi connectivity index (χ1v) is 14.0. The van der Waals surface area contributed by atoms with Crippen LogP contribution in [0.15, 0.2) is 66.2 Å². The second-order valence-electron chi connectivity index (χ2n) is 8.50. The fraction of sp³-hybridized carbons (Fsp3) is 0.233. The molecule has 10 nitrogen and oxygen atoms in total. The standard InChI is InChI=1S/C30H33NO9S/c1-35-22-17-28(38-4)23(29(18-22)39-5)12-14-41(33,34)19-20-7-9-26(36-2)24(15-20)31-13-11-25(32)21-8-10-27(37-3)30(16-21)40-6/h7-18,31H,19H2,1-6H3. The van der Waals surface area contributed by atoms with Crippen molar-refractivity contribution >= 4 is 27.4 Å². The molecule has 3 aromatic rings. The van der Waals surface area contributed by atoms with Gasteiger partial charge >= 0.3 is 0 Å². The van der Waals surface area contributed by atoms with Gasteiger partial charge in [0, 0.05) is 35.4 Å². The van der Waals surface area contributed by atoms with Gasteiger partial charge in [-0.2, -0.15) is 0 Å². The quantitative estimate of drug-likeness (QED) is 0.202. The van der Waals surface area contributed by atoms with Crippen molar-refractivity contribution in [3.8, 4) is 34.5 Å². The third kappa shape index (κ3) is 7.95. The van der Waals surface area contributed by atoms with Crippen molar-refractivity contribution < 1.29 is 41.6 Å². The van der Waals surface area contributed by atoms with Crippen LogP contribution in [0.5, 0.6) is 34.5 Å². The molecule has 0 radical (unpaired) electrons. The first kappa shape index (κ1) is 30.9. The molecular formula is C30H33NO9S. The van der Waals surface area contributed by atoms with Crippen molar-refractivity contribution in [2.75, 3.05) is 48.0 Å². The predicted molar refractivity (Wildman–Crippen MR) is 157 cm³/mol. The van der Waals surface area contributed by atoms with Crippen molar-refractivity contribution in [3.63, 3.8) is 0 Å². The number of sulfone groups is 1. The summed E-state index contributed by atoms with van der Waals surface area (Å²) < 4.78 is 57.9. The highest BCUT2D eigenvalue weighted by molar-refractivity contribution is 7.93. The number of nitrogens with one attached hydrogen (secondary N) is 1. The second-order valence-corrected chi connectivity index (χ2v) is 10.4. The molecule has 0 bridgehead atoms. The van der Waals surface area contributed by atoms with Crippen molar-refractivity contribution in [1.82, 2.24) is 0 Å². The summed E-state index contributed by atoms with van der Waals surface area (Å²) in [5.41, 5.74) is 1.86. The molecule has 0 amide bonds. The Labute approximate surface area is 240 Å². The maximum absolute atomic E-state index is 13.0. The number of rotatable bonds is 14. The zero-order chi connectivity index (χ0) is 30.0. The highest BCUT2D eigenvalue weighted by atomic mass is 32.2. The molecule has 1 N–H and O–H groups in total. The second kappa shape index (κ2) is 14.1. The van der Waals surface area contributed by atoms with Crippen LogP contribution in [-0.2, 0) is 15.6 Å². The van der Waals surface area contributed by atoms with Gasteiger partial charge in [-0.3, -0.25) is 4.79 Å². The van der Waals surface area contributed by atoms with Crippen LogP contribution in [-0.4, -0.2) is 56.9 Å². The van der Waals surface area contributed by atoms with E-state index in [0.29, 0.717) is 56.9 Å². The molecule has 0 fully saturated rings. The molecular weight excluding hydrogens is 550 g/mol. The molecule has 0 spiro atoms. The Balaban J connectivity index is 1.78. The topological polar surface area (TPSA) is 119 Å². The van der Waals surface area contributed by atoms with Crippen molar-refractivity contribution in [2.45, 2.75) is 5.75 Å². The Bertz CT molecular complexity index is 1520. The summed E-state index contributed by atoms with van der Waals surface area (Å²) in [6.45, 7) is 0. The van der Waals surface area contributed by atoms with Gasteiger partial charge in [0.2, 0.25) is 0 Å². The molecule has 41 heavy (non-hydrogen) atoms. The number of benzene rings is 3. The van der Waals surface area contributed by atoms with Crippen molar-refractivity contribution in [1.29, 1.82) is 0 Å². The molecule has 0 heterocycles. The monoisotopic (exact) mass is 583 g/mol. The van der Waals surface area contributed by atoms with E-state index in [9.17, 15) is 13.2 Å². The van der Waals surface area contributed by atoms with Crippen LogP contribution >= 0.6 is 0 Å². The zero-order valence-electron chi connectivity index (χ0n) is 23.7. The Kier molecular flexibility index (Phi) is 10.6. The smallest absolute Gasteiger partial charge is 0.187 e. The summed E-state index contributed by atoms with van der Waals surface area (Å²) in [4.78, 5) is 12.7. The molecule has 3 aromatic carbocycles. The number of methoxy groups -OCH3 is 6. The largest absolute Gasteiger partial charge is 0.496 e. The molecule has 11 heteroatoms. The van der Waals surface area contributed by atoms with Gasteiger partial charge in [-0.05, 0) is 42.0 Å². The number of ether oxygens (including phenoxy) is 6. The number of carbonyl (C=O) groups is 1. The van der Waals surface area contributed by atoms with Crippen LogP contribution < -0.4 is 33.7 Å². The van der Waals surface area contributed by atoms with Gasteiger partial charge in [0.25, 0.3) is 0 Å². The van der Waals surface area contributed by atoms with Crippen LogP contribution in [0, 0.1) is 0 Å². The molecule has 0 unspecified atom stereocenters. The van der Waals surface area contributed by atoms with Gasteiger partial charge in [0.1, 0.15) is 23.0 Å². The minimum absolute atomic E-state index is 0.273. The van der Waals surface area contributed by atoms with E-state index in [0.717, 1.165) is 5.41 Å². The minimum atomic E-state index is -3.70. The Hall–Kier alpha value is -4.64. The van der Waals surface area contributed by atoms with Gasteiger partial charge in [-0.15, -0.1) is 0 Å². The van der Waals surface area contributed by atoms with Gasteiger partial charge in [-0.25, -0.2) is 8.42 Å². The first-order valence-electron chi connectivity index (χ1n) is 12.3. The van der Waals surface area contributed by atoms with Gasteiger partial charge < -0.3 is 33.7 Å². The van der Waals surface area contributed by atoms with Crippen LogP contribution in [0.25, 0.3) is 6.08 Å². The van der Waals surface area contributed by atoms with Crippen LogP contribution in [0.3, 0.4) is 0 Å². The summed E-state index contributed by atoms with van der Waals surface area (Å²) >= 11 is 0. The number of anilines is 1. The SMILES string of the molecule is COc1cc(OC)c(C=CS(=O)(=O)Cc2ccc(OC)c(NC=CC(=O)c3ccc(OC)c(OC)c3)c2)c(OC)c1. The lowest BCUT2D eigenvalue weighted by Gasteiger charge is -2.13. The van der Waals surface area contributed by atoms with E-state index in [1.807, 2.05) is 0 Å².